The lowest BCUT2D eigenvalue weighted by molar-refractivity contribution is -0.115. The number of nitrogens with one attached hydrogen (secondary N) is 1. The van der Waals surface area contributed by atoms with Crippen molar-refractivity contribution in [2.24, 2.45) is 0 Å². The second kappa shape index (κ2) is 7.36. The number of aromatic nitrogens is 4. The number of thioether (sulfide) groups is 1. The number of rotatable bonds is 6. The monoisotopic (exact) mass is 420 g/mol. The first-order valence-corrected chi connectivity index (χ1v) is 11.1. The highest BCUT2D eigenvalue weighted by atomic mass is 32.2. The van der Waals surface area contributed by atoms with E-state index in [0.717, 1.165) is 36.3 Å². The summed E-state index contributed by atoms with van der Waals surface area (Å²) in [5.74, 6) is 7.25. The van der Waals surface area contributed by atoms with Crippen molar-refractivity contribution in [3.05, 3.63) is 48.3 Å². The quantitative estimate of drug-likeness (QED) is 0.362. The summed E-state index contributed by atoms with van der Waals surface area (Å²) in [5.41, 5.74) is 3.16. The number of hydrogen-bond acceptors (Lipinski definition) is 5. The van der Waals surface area contributed by atoms with Crippen molar-refractivity contribution in [3.63, 3.8) is 0 Å². The molecule has 1 amide bonds. The molecular weight excluding hydrogens is 396 g/mol. The van der Waals surface area contributed by atoms with E-state index in [2.05, 4.69) is 57.3 Å². The van der Waals surface area contributed by atoms with E-state index in [1.54, 1.807) is 0 Å². The molecule has 1 aliphatic rings. The van der Waals surface area contributed by atoms with Crippen molar-refractivity contribution >= 4 is 45.2 Å². The molecule has 0 aliphatic heterocycles. The summed E-state index contributed by atoms with van der Waals surface area (Å²) in [6, 6.07) is 14.4. The standard InChI is InChI=1S/C22H24N6OS/c1-3-27-18-7-5-4-6-16(18)17-12-15(10-11-19(17)27)24-21(29)13(2)30-22-26-25-20(28(22)23)14-8-9-14/h4-7,10-14H,3,8-9,23H2,1-2H3,(H,24,29). The molecule has 30 heavy (non-hydrogen) atoms. The van der Waals surface area contributed by atoms with Crippen LogP contribution < -0.4 is 11.2 Å². The summed E-state index contributed by atoms with van der Waals surface area (Å²) in [5, 5.41) is 13.9. The maximum Gasteiger partial charge on any atom is 0.237 e. The molecule has 0 radical (unpaired) electrons. The Hall–Kier alpha value is -3.00. The molecule has 1 fully saturated rings. The van der Waals surface area contributed by atoms with Gasteiger partial charge in [-0.05, 0) is 51.0 Å². The highest BCUT2D eigenvalue weighted by molar-refractivity contribution is 8.00. The first kappa shape index (κ1) is 19.0. The van der Waals surface area contributed by atoms with Gasteiger partial charge in [0.15, 0.2) is 5.82 Å². The summed E-state index contributed by atoms with van der Waals surface area (Å²) in [7, 11) is 0. The van der Waals surface area contributed by atoms with E-state index in [9.17, 15) is 4.79 Å². The largest absolute Gasteiger partial charge is 0.341 e. The molecule has 5 rings (SSSR count). The van der Waals surface area contributed by atoms with Gasteiger partial charge in [0.25, 0.3) is 0 Å². The maximum absolute atomic E-state index is 12.8. The van der Waals surface area contributed by atoms with Crippen LogP contribution in [-0.2, 0) is 11.3 Å². The van der Waals surface area contributed by atoms with Crippen LogP contribution in [0.3, 0.4) is 0 Å². The van der Waals surface area contributed by atoms with E-state index in [-0.39, 0.29) is 11.2 Å². The summed E-state index contributed by atoms with van der Waals surface area (Å²) < 4.78 is 3.82. The minimum absolute atomic E-state index is 0.0884. The molecule has 1 saturated carbocycles. The molecule has 2 heterocycles. The van der Waals surface area contributed by atoms with Crippen molar-refractivity contribution in [2.45, 2.75) is 49.6 Å². The van der Waals surface area contributed by atoms with Gasteiger partial charge in [0.2, 0.25) is 11.1 Å². The number of anilines is 1. The molecular formula is C22H24N6OS. The van der Waals surface area contributed by atoms with Gasteiger partial charge in [0.1, 0.15) is 0 Å². The van der Waals surface area contributed by atoms with Crippen LogP contribution in [-0.4, -0.2) is 30.6 Å². The van der Waals surface area contributed by atoms with Gasteiger partial charge in [-0.1, -0.05) is 30.0 Å². The van der Waals surface area contributed by atoms with Gasteiger partial charge in [-0.2, -0.15) is 0 Å². The van der Waals surface area contributed by atoms with Crippen LogP contribution in [0.1, 0.15) is 38.4 Å². The van der Waals surface area contributed by atoms with Crippen molar-refractivity contribution in [1.29, 1.82) is 0 Å². The molecule has 0 spiro atoms. The zero-order valence-corrected chi connectivity index (χ0v) is 17.8. The Morgan fingerprint density at radius 2 is 1.97 bits per heavy atom. The second-order valence-electron chi connectivity index (χ2n) is 7.73. The topological polar surface area (TPSA) is 90.8 Å². The van der Waals surface area contributed by atoms with Crippen LogP contribution in [0.2, 0.25) is 0 Å². The first-order chi connectivity index (χ1) is 14.6. The molecule has 0 saturated heterocycles. The lowest BCUT2D eigenvalue weighted by Gasteiger charge is -2.12. The van der Waals surface area contributed by atoms with E-state index in [0.29, 0.717) is 11.1 Å². The number of carbonyl (C=O) groups excluding carboxylic acids is 1. The Balaban J connectivity index is 1.37. The fraction of sp³-hybridized carbons (Fsp3) is 0.318. The highest BCUT2D eigenvalue weighted by Crippen LogP contribution is 2.39. The number of para-hydroxylation sites is 1. The van der Waals surface area contributed by atoms with Crippen LogP contribution in [0.5, 0.6) is 0 Å². The van der Waals surface area contributed by atoms with Crippen LogP contribution in [0.15, 0.2) is 47.6 Å². The van der Waals surface area contributed by atoms with Crippen molar-refractivity contribution < 1.29 is 4.79 Å². The van der Waals surface area contributed by atoms with Gasteiger partial charge in [0.05, 0.1) is 5.25 Å². The Morgan fingerprint density at radius 1 is 1.20 bits per heavy atom. The Bertz CT molecular complexity index is 1260. The number of aryl methyl sites for hydroxylation is 1. The Labute approximate surface area is 178 Å². The molecule has 2 aromatic carbocycles. The highest BCUT2D eigenvalue weighted by Gasteiger charge is 2.30. The Morgan fingerprint density at radius 3 is 2.73 bits per heavy atom. The molecule has 0 bridgehead atoms. The third kappa shape index (κ3) is 3.21. The molecule has 7 nitrogen and oxygen atoms in total. The van der Waals surface area contributed by atoms with Gasteiger partial charge in [-0.25, -0.2) is 4.68 Å². The number of nitrogens with zero attached hydrogens (tertiary/aromatic N) is 4. The van der Waals surface area contributed by atoms with E-state index < -0.39 is 0 Å². The third-order valence-electron chi connectivity index (χ3n) is 5.64. The van der Waals surface area contributed by atoms with Gasteiger partial charge < -0.3 is 15.7 Å². The summed E-state index contributed by atoms with van der Waals surface area (Å²) >= 11 is 1.33. The number of nitrogens with two attached hydrogens (primary N) is 1. The average molecular weight is 421 g/mol. The van der Waals surface area contributed by atoms with Gasteiger partial charge in [-0.15, -0.1) is 10.2 Å². The molecule has 4 aromatic rings. The summed E-state index contributed by atoms with van der Waals surface area (Å²) in [6.45, 7) is 4.89. The van der Waals surface area contributed by atoms with E-state index in [4.69, 9.17) is 5.84 Å². The number of nitrogen functional groups attached to an aromatic ring is 1. The molecule has 1 atom stereocenters. The summed E-state index contributed by atoms with van der Waals surface area (Å²) in [6.07, 6.45) is 2.21. The number of benzene rings is 2. The number of fused-ring (bicyclic) bond motifs is 3. The Kier molecular flexibility index (Phi) is 4.66. The molecule has 1 aliphatic carbocycles. The minimum Gasteiger partial charge on any atom is -0.341 e. The van der Waals surface area contributed by atoms with E-state index in [1.165, 1.54) is 32.9 Å². The smallest absolute Gasteiger partial charge is 0.237 e. The molecule has 1 unspecified atom stereocenters. The third-order valence-corrected chi connectivity index (χ3v) is 6.70. The zero-order chi connectivity index (χ0) is 20.8. The fourth-order valence-corrected chi connectivity index (χ4v) is 4.69. The molecule has 8 heteroatoms. The lowest BCUT2D eigenvalue weighted by Crippen LogP contribution is -2.23. The lowest BCUT2D eigenvalue weighted by atomic mass is 10.1. The summed E-state index contributed by atoms with van der Waals surface area (Å²) in [4.78, 5) is 12.8. The molecule has 154 valence electrons. The number of amides is 1. The van der Waals surface area contributed by atoms with Crippen molar-refractivity contribution in [3.8, 4) is 0 Å². The van der Waals surface area contributed by atoms with E-state index in [1.807, 2.05) is 19.1 Å². The second-order valence-corrected chi connectivity index (χ2v) is 9.04. The number of carbonyl (C=O) groups is 1. The SMILES string of the molecule is CCn1c2ccccc2c2cc(NC(=O)C(C)Sc3nnc(C4CC4)n3N)ccc21. The molecule has 2 aromatic heterocycles. The number of hydrogen-bond donors (Lipinski definition) is 2. The van der Waals surface area contributed by atoms with Crippen LogP contribution >= 0.6 is 11.8 Å². The minimum atomic E-state index is -0.351. The zero-order valence-electron chi connectivity index (χ0n) is 17.0. The predicted octanol–water partition coefficient (Wildman–Crippen LogP) is 4.12. The normalized spacial score (nSPS) is 15.0. The van der Waals surface area contributed by atoms with Crippen LogP contribution in [0.4, 0.5) is 5.69 Å². The maximum atomic E-state index is 12.8. The van der Waals surface area contributed by atoms with Crippen molar-refractivity contribution in [1.82, 2.24) is 19.4 Å². The first-order valence-electron chi connectivity index (χ1n) is 10.3. The fourth-order valence-electron chi connectivity index (χ4n) is 3.92. The molecule has 3 N–H and O–H groups in total. The van der Waals surface area contributed by atoms with E-state index >= 15 is 0 Å². The average Bonchev–Trinajstić information content (AvgIpc) is 3.46. The van der Waals surface area contributed by atoms with Crippen molar-refractivity contribution in [2.75, 3.05) is 11.2 Å². The van der Waals surface area contributed by atoms with Crippen LogP contribution in [0, 0.1) is 0 Å². The van der Waals surface area contributed by atoms with Crippen LogP contribution in [0.25, 0.3) is 21.8 Å². The van der Waals surface area contributed by atoms with Gasteiger partial charge >= 0.3 is 0 Å². The predicted molar refractivity (Wildman–Crippen MR) is 121 cm³/mol. The van der Waals surface area contributed by atoms with Gasteiger partial charge in [0, 0.05) is 40.0 Å². The van der Waals surface area contributed by atoms with Gasteiger partial charge in [-0.3, -0.25) is 4.79 Å².